The molecule has 0 amide bonds. The van der Waals surface area contributed by atoms with Crippen LogP contribution in [0.2, 0.25) is 0 Å². The van der Waals surface area contributed by atoms with Crippen molar-refractivity contribution >= 4 is 23.9 Å². The van der Waals surface area contributed by atoms with Gasteiger partial charge >= 0.3 is 30.1 Å². The second-order valence-electron chi connectivity index (χ2n) is 3.32. The Kier molecular flexibility index (Phi) is 9.88. The van der Waals surface area contributed by atoms with Crippen LogP contribution in [0.5, 0.6) is 0 Å². The van der Waals surface area contributed by atoms with E-state index in [1.807, 2.05) is 0 Å². The first-order valence-electron chi connectivity index (χ1n) is 5.11. The highest BCUT2D eigenvalue weighted by Crippen LogP contribution is 2.19. The molecule has 0 saturated heterocycles. The van der Waals surface area contributed by atoms with Gasteiger partial charge in [-0.05, 0) is 0 Å². The summed E-state index contributed by atoms with van der Waals surface area (Å²) in [6.07, 6.45) is -10.1. The number of carbonyl (C=O) groups excluding carboxylic acids is 4. The van der Waals surface area contributed by atoms with Crippen molar-refractivity contribution in [2.75, 3.05) is 0 Å². The first-order valence-corrected chi connectivity index (χ1v) is 5.11. The highest BCUT2D eigenvalue weighted by Gasteiger charge is 2.32. The highest BCUT2D eigenvalue weighted by molar-refractivity contribution is 5.84. The van der Waals surface area contributed by atoms with E-state index in [0.717, 1.165) is 13.8 Å². The van der Waals surface area contributed by atoms with Gasteiger partial charge in [0.1, 0.15) is 12.8 Å². The van der Waals surface area contributed by atoms with Crippen molar-refractivity contribution in [2.24, 2.45) is 0 Å². The van der Waals surface area contributed by atoms with Gasteiger partial charge in [-0.25, -0.2) is 8.78 Å². The van der Waals surface area contributed by atoms with Crippen LogP contribution in [0.25, 0.3) is 0 Å². The molecule has 0 bridgehead atoms. The molecule has 0 atom stereocenters. The molecule has 6 nitrogen and oxygen atoms in total. The average molecular weight is 322 g/mol. The summed E-state index contributed by atoms with van der Waals surface area (Å²) >= 11 is 0. The van der Waals surface area contributed by atoms with Crippen LogP contribution in [0.1, 0.15) is 26.7 Å². The van der Waals surface area contributed by atoms with Crippen LogP contribution in [0, 0.1) is 0 Å². The zero-order chi connectivity index (χ0) is 17.2. The molecule has 0 aromatic rings. The Labute approximate surface area is 115 Å². The molecule has 0 aromatic carbocycles. The average Bonchev–Trinajstić information content (AvgIpc) is 2.09. The minimum Gasteiger partial charge on any atom is -0.393 e. The van der Waals surface area contributed by atoms with Gasteiger partial charge in [-0.2, -0.15) is 13.2 Å². The standard InChI is InChI=1S/C5H5F3O3.C5H6F2O3/c1-3(9)11-4(10)2-5(6,7)8;1-3(8)10-5(9)2-4(6)7/h2H2,1H3;4H,2H2,1H3. The van der Waals surface area contributed by atoms with E-state index in [-0.39, 0.29) is 0 Å². The molecule has 0 saturated carbocycles. The van der Waals surface area contributed by atoms with Crippen LogP contribution in [0.4, 0.5) is 22.0 Å². The fourth-order valence-electron chi connectivity index (χ4n) is 0.688. The fourth-order valence-corrected chi connectivity index (χ4v) is 0.688. The van der Waals surface area contributed by atoms with Gasteiger partial charge in [0.05, 0.1) is 0 Å². The molecule has 0 fully saturated rings. The first kappa shape index (κ1) is 21.2. The molecule has 11 heteroatoms. The van der Waals surface area contributed by atoms with Gasteiger partial charge in [-0.1, -0.05) is 0 Å². The maximum Gasteiger partial charge on any atom is 0.399 e. The molecule has 21 heavy (non-hydrogen) atoms. The molecule has 0 aliphatic carbocycles. The van der Waals surface area contributed by atoms with Gasteiger partial charge in [-0.15, -0.1) is 0 Å². The monoisotopic (exact) mass is 322 g/mol. The normalized spacial score (nSPS) is 10.3. The molecule has 0 unspecified atom stereocenters. The van der Waals surface area contributed by atoms with Crippen LogP contribution < -0.4 is 0 Å². The Morgan fingerprint density at radius 3 is 1.57 bits per heavy atom. The van der Waals surface area contributed by atoms with E-state index in [1.165, 1.54) is 0 Å². The van der Waals surface area contributed by atoms with Crippen molar-refractivity contribution in [3.63, 3.8) is 0 Å². The van der Waals surface area contributed by atoms with E-state index in [1.54, 1.807) is 0 Å². The summed E-state index contributed by atoms with van der Waals surface area (Å²) in [4.78, 5) is 40.1. The summed E-state index contributed by atoms with van der Waals surface area (Å²) in [7, 11) is 0. The first-order chi connectivity index (χ1) is 9.33. The molecular formula is C10H11F5O6. The number of esters is 4. The van der Waals surface area contributed by atoms with Gasteiger partial charge in [0.2, 0.25) is 6.43 Å². The Bertz CT molecular complexity index is 390. The van der Waals surface area contributed by atoms with E-state index >= 15 is 0 Å². The molecule has 0 aliphatic rings. The van der Waals surface area contributed by atoms with Crippen LogP contribution >= 0.6 is 0 Å². The largest absolute Gasteiger partial charge is 0.399 e. The molecule has 0 aliphatic heterocycles. The van der Waals surface area contributed by atoms with Crippen molar-refractivity contribution < 1.29 is 50.6 Å². The highest BCUT2D eigenvalue weighted by atomic mass is 19.4. The lowest BCUT2D eigenvalue weighted by Gasteiger charge is -2.03. The Morgan fingerprint density at radius 2 is 1.29 bits per heavy atom. The molecule has 122 valence electrons. The molecule has 0 spiro atoms. The minimum atomic E-state index is -4.62. The third-order valence-electron chi connectivity index (χ3n) is 1.18. The lowest BCUT2D eigenvalue weighted by Crippen LogP contribution is -2.18. The summed E-state index contributed by atoms with van der Waals surface area (Å²) < 4.78 is 64.1. The summed E-state index contributed by atoms with van der Waals surface area (Å²) in [5.74, 6) is -4.68. The zero-order valence-electron chi connectivity index (χ0n) is 10.8. The van der Waals surface area contributed by atoms with E-state index in [9.17, 15) is 41.1 Å². The van der Waals surface area contributed by atoms with Crippen molar-refractivity contribution in [1.82, 2.24) is 0 Å². The minimum absolute atomic E-state index is 0.855. The Balaban J connectivity index is 0. The summed E-state index contributed by atoms with van der Waals surface area (Å²) in [5, 5.41) is 0. The van der Waals surface area contributed by atoms with Crippen molar-refractivity contribution in [3.8, 4) is 0 Å². The molecule has 0 N–H and O–H groups in total. The van der Waals surface area contributed by atoms with Gasteiger partial charge in [0.15, 0.2) is 0 Å². The summed E-state index contributed by atoms with van der Waals surface area (Å²) in [6.45, 7) is 1.83. The predicted molar refractivity (Wildman–Crippen MR) is 54.8 cm³/mol. The van der Waals surface area contributed by atoms with Gasteiger partial charge in [0, 0.05) is 13.8 Å². The third-order valence-corrected chi connectivity index (χ3v) is 1.18. The quantitative estimate of drug-likeness (QED) is 0.447. The van der Waals surface area contributed by atoms with Crippen LogP contribution in [0.3, 0.4) is 0 Å². The Hall–Kier alpha value is -2.07. The fraction of sp³-hybridized carbons (Fsp3) is 0.600. The van der Waals surface area contributed by atoms with Gasteiger partial charge in [-0.3, -0.25) is 19.2 Å². The number of alkyl halides is 5. The van der Waals surface area contributed by atoms with Crippen molar-refractivity contribution in [2.45, 2.75) is 39.3 Å². The SMILES string of the molecule is CC(=O)OC(=O)CC(F)(F)F.CC(=O)OC(=O)CC(F)F. The summed E-state index contributed by atoms with van der Waals surface area (Å²) in [6, 6.07) is 0. The molecular weight excluding hydrogens is 311 g/mol. The summed E-state index contributed by atoms with van der Waals surface area (Å²) in [5.41, 5.74) is 0. The maximum atomic E-state index is 11.3. The van der Waals surface area contributed by atoms with Gasteiger partial charge < -0.3 is 9.47 Å². The van der Waals surface area contributed by atoms with E-state index in [4.69, 9.17) is 0 Å². The third kappa shape index (κ3) is 20.4. The van der Waals surface area contributed by atoms with Crippen molar-refractivity contribution in [1.29, 1.82) is 0 Å². The lowest BCUT2D eigenvalue weighted by atomic mass is 10.4. The van der Waals surface area contributed by atoms with Gasteiger partial charge in [0.25, 0.3) is 0 Å². The number of hydrogen-bond donors (Lipinski definition) is 0. The van der Waals surface area contributed by atoms with Crippen LogP contribution in [0.15, 0.2) is 0 Å². The van der Waals surface area contributed by atoms with Crippen molar-refractivity contribution in [3.05, 3.63) is 0 Å². The molecule has 0 radical (unpaired) electrons. The number of halogens is 5. The lowest BCUT2D eigenvalue weighted by molar-refractivity contribution is -0.175. The second kappa shape index (κ2) is 9.77. The zero-order valence-corrected chi connectivity index (χ0v) is 10.8. The topological polar surface area (TPSA) is 86.7 Å². The molecule has 0 rings (SSSR count). The van der Waals surface area contributed by atoms with E-state index < -0.39 is 49.3 Å². The van der Waals surface area contributed by atoms with E-state index in [2.05, 4.69) is 9.47 Å². The number of ether oxygens (including phenoxy) is 2. The molecule has 0 aromatic heterocycles. The maximum absolute atomic E-state index is 11.3. The number of rotatable bonds is 3. The Morgan fingerprint density at radius 1 is 0.905 bits per heavy atom. The number of carbonyl (C=O) groups is 4. The number of hydrogen-bond acceptors (Lipinski definition) is 6. The predicted octanol–water partition coefficient (Wildman–Crippen LogP) is 1.76. The van der Waals surface area contributed by atoms with Crippen LogP contribution in [-0.2, 0) is 28.7 Å². The molecule has 0 heterocycles. The smallest absolute Gasteiger partial charge is 0.393 e. The second-order valence-corrected chi connectivity index (χ2v) is 3.32. The van der Waals surface area contributed by atoms with E-state index in [0.29, 0.717) is 0 Å². The van der Waals surface area contributed by atoms with Crippen LogP contribution in [-0.4, -0.2) is 36.5 Å².